The van der Waals surface area contributed by atoms with Gasteiger partial charge in [0.2, 0.25) is 0 Å². The zero-order valence-corrected chi connectivity index (χ0v) is 13.9. The highest BCUT2D eigenvalue weighted by Crippen LogP contribution is 2.32. The van der Waals surface area contributed by atoms with Crippen LogP contribution in [0, 0.1) is 0 Å². The van der Waals surface area contributed by atoms with Crippen LogP contribution in [0.15, 0.2) is 30.3 Å². The van der Waals surface area contributed by atoms with E-state index in [0.717, 1.165) is 14.2 Å². The van der Waals surface area contributed by atoms with E-state index in [1.807, 2.05) is 0 Å². The number of benzene rings is 1. The largest absolute Gasteiger partial charge is 0.114 e. The molecule has 1 unspecified atom stereocenters. The van der Waals surface area contributed by atoms with Crippen LogP contribution in [0.2, 0.25) is 0 Å². The van der Waals surface area contributed by atoms with Crippen molar-refractivity contribution in [3.63, 3.8) is 0 Å². The summed E-state index contributed by atoms with van der Waals surface area (Å²) < 4.78 is 0. The van der Waals surface area contributed by atoms with Gasteiger partial charge < -0.3 is 0 Å². The van der Waals surface area contributed by atoms with Gasteiger partial charge in [0.15, 0.2) is 0 Å². The minimum Gasteiger partial charge on any atom is -0.114 e. The Hall–Kier alpha value is -0.350. The molecule has 0 bridgehead atoms. The summed E-state index contributed by atoms with van der Waals surface area (Å²) in [4.78, 5) is 0. The quantitative estimate of drug-likeness (QED) is 0.554. The summed E-state index contributed by atoms with van der Waals surface area (Å²) in [6.45, 7) is 0. The van der Waals surface area contributed by atoms with Crippen molar-refractivity contribution >= 4 is 8.58 Å². The summed E-state index contributed by atoms with van der Waals surface area (Å²) in [5, 5.41) is 0. The number of hydrogen-bond donors (Lipinski definition) is 0. The van der Waals surface area contributed by atoms with Crippen molar-refractivity contribution in [1.29, 1.82) is 0 Å². The maximum atomic E-state index is 2.29. The lowest BCUT2D eigenvalue weighted by molar-refractivity contribution is 0.508. The third-order valence-electron chi connectivity index (χ3n) is 4.54. The first-order valence-electron chi connectivity index (χ1n) is 8.72. The molecule has 1 aromatic carbocycles. The molecule has 0 heterocycles. The normalized spacial score (nSPS) is 20.6. The third kappa shape index (κ3) is 6.89. The van der Waals surface area contributed by atoms with Gasteiger partial charge in [-0.3, -0.25) is 0 Å². The fraction of sp³-hybridized carbons (Fsp3) is 0.684. The Balaban J connectivity index is 1.74. The average Bonchev–Trinajstić information content (AvgIpc) is 2.48. The molecule has 1 aromatic rings. The SMILES string of the molecule is c1ccc(CPC2CCCCCCCCCCC2)cc1. The van der Waals surface area contributed by atoms with Gasteiger partial charge in [-0.2, -0.15) is 0 Å². The van der Waals surface area contributed by atoms with Crippen LogP contribution in [0.1, 0.15) is 76.2 Å². The summed E-state index contributed by atoms with van der Waals surface area (Å²) in [6.07, 6.45) is 17.6. The molecular weight excluding hydrogens is 259 g/mol. The summed E-state index contributed by atoms with van der Waals surface area (Å²) >= 11 is 0. The molecule has 1 heteroatoms. The van der Waals surface area contributed by atoms with Gasteiger partial charge in [0.05, 0.1) is 0 Å². The summed E-state index contributed by atoms with van der Waals surface area (Å²) in [6, 6.07) is 11.1. The van der Waals surface area contributed by atoms with E-state index in [1.54, 1.807) is 0 Å². The molecule has 20 heavy (non-hydrogen) atoms. The summed E-state index contributed by atoms with van der Waals surface area (Å²) in [5.41, 5.74) is 2.55. The van der Waals surface area contributed by atoms with Gasteiger partial charge in [-0.05, 0) is 30.2 Å². The highest BCUT2D eigenvalue weighted by molar-refractivity contribution is 7.38. The zero-order valence-electron chi connectivity index (χ0n) is 12.9. The molecule has 1 fully saturated rings. The Morgan fingerprint density at radius 3 is 1.75 bits per heavy atom. The minimum absolute atomic E-state index is 1.01. The van der Waals surface area contributed by atoms with Crippen LogP contribution in [-0.4, -0.2) is 5.66 Å². The van der Waals surface area contributed by atoms with Crippen LogP contribution in [0.5, 0.6) is 0 Å². The molecule has 1 atom stereocenters. The van der Waals surface area contributed by atoms with Gasteiger partial charge >= 0.3 is 0 Å². The van der Waals surface area contributed by atoms with Crippen LogP contribution in [0.3, 0.4) is 0 Å². The number of hydrogen-bond acceptors (Lipinski definition) is 0. The standard InChI is InChI=1S/C19H31P/c1-2-4-6-11-15-19(16-12-7-5-3-1)20-17-18-13-9-8-10-14-18/h8-10,13-14,19-20H,1-7,11-12,15-17H2. The van der Waals surface area contributed by atoms with E-state index in [0.29, 0.717) is 0 Å². The van der Waals surface area contributed by atoms with Gasteiger partial charge in [0, 0.05) is 0 Å². The van der Waals surface area contributed by atoms with Crippen molar-refractivity contribution in [3.05, 3.63) is 35.9 Å². The van der Waals surface area contributed by atoms with Crippen molar-refractivity contribution in [2.24, 2.45) is 0 Å². The van der Waals surface area contributed by atoms with Crippen LogP contribution in [0.25, 0.3) is 0 Å². The van der Waals surface area contributed by atoms with Crippen LogP contribution in [0.4, 0.5) is 0 Å². The van der Waals surface area contributed by atoms with E-state index in [-0.39, 0.29) is 0 Å². The monoisotopic (exact) mass is 290 g/mol. The van der Waals surface area contributed by atoms with Crippen molar-refractivity contribution < 1.29 is 0 Å². The highest BCUT2D eigenvalue weighted by atomic mass is 31.1. The average molecular weight is 290 g/mol. The van der Waals surface area contributed by atoms with E-state index in [2.05, 4.69) is 30.3 Å². The molecule has 0 aliphatic heterocycles. The second kappa shape index (κ2) is 10.4. The summed E-state index contributed by atoms with van der Waals surface area (Å²) in [7, 11) is 1.14. The lowest BCUT2D eigenvalue weighted by Gasteiger charge is -2.18. The number of rotatable bonds is 3. The Labute approximate surface area is 127 Å². The maximum absolute atomic E-state index is 2.29. The molecule has 0 saturated heterocycles. The molecule has 0 radical (unpaired) electrons. The van der Waals surface area contributed by atoms with E-state index in [1.165, 1.54) is 82.4 Å². The van der Waals surface area contributed by atoms with Gasteiger partial charge in [0.1, 0.15) is 0 Å². The molecule has 0 aromatic heterocycles. The molecule has 112 valence electrons. The molecule has 0 spiro atoms. The summed E-state index contributed by atoms with van der Waals surface area (Å²) in [5.74, 6) is 0. The van der Waals surface area contributed by atoms with E-state index in [4.69, 9.17) is 0 Å². The van der Waals surface area contributed by atoms with E-state index >= 15 is 0 Å². The Bertz CT molecular complexity index is 321. The molecule has 0 nitrogen and oxygen atoms in total. The van der Waals surface area contributed by atoms with Gasteiger partial charge in [-0.25, -0.2) is 0 Å². The minimum atomic E-state index is 1.01. The lowest BCUT2D eigenvalue weighted by Crippen LogP contribution is -2.02. The van der Waals surface area contributed by atoms with Crippen LogP contribution < -0.4 is 0 Å². The first kappa shape index (κ1) is 16.0. The predicted molar refractivity (Wildman–Crippen MR) is 93.0 cm³/mol. The molecule has 1 saturated carbocycles. The molecule has 1 aliphatic carbocycles. The fourth-order valence-electron chi connectivity index (χ4n) is 3.23. The maximum Gasteiger partial charge on any atom is -0.00981 e. The van der Waals surface area contributed by atoms with E-state index in [9.17, 15) is 0 Å². The van der Waals surface area contributed by atoms with Crippen molar-refractivity contribution in [2.45, 2.75) is 82.4 Å². The van der Waals surface area contributed by atoms with E-state index < -0.39 is 0 Å². The van der Waals surface area contributed by atoms with Gasteiger partial charge in [-0.1, -0.05) is 88.1 Å². The molecule has 1 aliphatic rings. The van der Waals surface area contributed by atoms with Crippen molar-refractivity contribution in [1.82, 2.24) is 0 Å². The Morgan fingerprint density at radius 2 is 1.20 bits per heavy atom. The lowest BCUT2D eigenvalue weighted by atomic mass is 10.0. The molecular formula is C19H31P. The van der Waals surface area contributed by atoms with Crippen molar-refractivity contribution in [3.8, 4) is 0 Å². The second-order valence-corrected chi connectivity index (χ2v) is 7.90. The molecule has 0 amide bonds. The van der Waals surface area contributed by atoms with Crippen LogP contribution in [-0.2, 0) is 6.16 Å². The highest BCUT2D eigenvalue weighted by Gasteiger charge is 2.09. The smallest absolute Gasteiger partial charge is 0.00981 e. The van der Waals surface area contributed by atoms with Crippen LogP contribution >= 0.6 is 8.58 Å². The van der Waals surface area contributed by atoms with Crippen molar-refractivity contribution in [2.75, 3.05) is 0 Å². The molecule has 0 N–H and O–H groups in total. The third-order valence-corrected chi connectivity index (χ3v) is 6.31. The Kier molecular flexibility index (Phi) is 8.32. The fourth-order valence-corrected chi connectivity index (χ4v) is 4.80. The predicted octanol–water partition coefficient (Wildman–Crippen LogP) is 6.54. The van der Waals surface area contributed by atoms with Gasteiger partial charge in [-0.15, -0.1) is 8.58 Å². The van der Waals surface area contributed by atoms with Gasteiger partial charge in [0.25, 0.3) is 0 Å². The topological polar surface area (TPSA) is 0 Å². The second-order valence-electron chi connectivity index (χ2n) is 6.32. The zero-order chi connectivity index (χ0) is 13.9. The molecule has 2 rings (SSSR count). The Morgan fingerprint density at radius 1 is 0.700 bits per heavy atom. The first-order chi connectivity index (χ1) is 9.95. The first-order valence-corrected chi connectivity index (χ1v) is 10.0.